The van der Waals surface area contributed by atoms with Gasteiger partial charge < -0.3 is 19.6 Å². The number of esters is 1. The molecule has 2 aromatic carbocycles. The number of nitro groups is 1. The summed E-state index contributed by atoms with van der Waals surface area (Å²) in [7, 11) is 0. The Balaban J connectivity index is 1.19. The molecule has 0 radical (unpaired) electrons. The van der Waals surface area contributed by atoms with Crippen molar-refractivity contribution in [2.45, 2.75) is 43.7 Å². The number of nitrogens with one attached hydrogen (secondary N) is 1. The third kappa shape index (κ3) is 4.37. The van der Waals surface area contributed by atoms with E-state index in [1.807, 2.05) is 6.07 Å². The van der Waals surface area contributed by atoms with Gasteiger partial charge in [-0.25, -0.2) is 14.8 Å². The van der Waals surface area contributed by atoms with Crippen molar-refractivity contribution in [3.63, 3.8) is 0 Å². The Kier molecular flexibility index (Phi) is 6.24. The number of aliphatic hydroxyl groups excluding tert-OH is 1. The summed E-state index contributed by atoms with van der Waals surface area (Å²) in [4.78, 5) is 32.0. The van der Waals surface area contributed by atoms with E-state index in [2.05, 4.69) is 33.5 Å². The van der Waals surface area contributed by atoms with E-state index < -0.39 is 17.0 Å². The fourth-order valence-corrected chi connectivity index (χ4v) is 5.74. The average Bonchev–Trinajstić information content (AvgIpc) is 3.66. The maximum absolute atomic E-state index is 12.7. The Hall–Kier alpha value is -4.31. The van der Waals surface area contributed by atoms with Crippen LogP contribution in [0.2, 0.25) is 0 Å². The second-order valence-electron chi connectivity index (χ2n) is 9.88. The summed E-state index contributed by atoms with van der Waals surface area (Å²) in [5.74, 6) is -0.216. The van der Waals surface area contributed by atoms with Crippen LogP contribution in [0.15, 0.2) is 65.5 Å². The molecule has 0 spiro atoms. The van der Waals surface area contributed by atoms with E-state index in [1.165, 1.54) is 41.7 Å². The van der Waals surface area contributed by atoms with E-state index in [4.69, 9.17) is 9.15 Å². The van der Waals surface area contributed by atoms with Crippen LogP contribution >= 0.6 is 0 Å². The van der Waals surface area contributed by atoms with Crippen molar-refractivity contribution in [2.75, 3.05) is 11.9 Å². The first-order chi connectivity index (χ1) is 18.5. The second kappa shape index (κ2) is 9.86. The van der Waals surface area contributed by atoms with Crippen molar-refractivity contribution < 1.29 is 24.0 Å². The second-order valence-corrected chi connectivity index (χ2v) is 9.88. The molecular formula is C28H26N4O6. The highest BCUT2D eigenvalue weighted by molar-refractivity contribution is 5.90. The van der Waals surface area contributed by atoms with Crippen LogP contribution in [0.25, 0.3) is 11.1 Å². The normalized spacial score (nSPS) is 22.3. The highest BCUT2D eigenvalue weighted by Gasteiger charge is 2.39. The Bertz CT molecular complexity index is 1500. The molecule has 1 fully saturated rings. The Labute approximate surface area is 217 Å². The lowest BCUT2D eigenvalue weighted by molar-refractivity contribution is -0.384. The lowest BCUT2D eigenvalue weighted by Crippen LogP contribution is -2.24. The van der Waals surface area contributed by atoms with Crippen molar-refractivity contribution in [3.8, 4) is 0 Å². The van der Waals surface area contributed by atoms with Gasteiger partial charge in [-0.1, -0.05) is 24.3 Å². The number of aliphatic hydroxyl groups is 1. The number of hydrogen-bond acceptors (Lipinski definition) is 9. The molecule has 0 aliphatic heterocycles. The summed E-state index contributed by atoms with van der Waals surface area (Å²) in [6.07, 6.45) is 5.79. The number of anilines is 1. The number of furan rings is 1. The zero-order valence-electron chi connectivity index (χ0n) is 20.4. The number of carbonyl (C=O) groups is 1. The number of aromatic nitrogens is 2. The SMILES string of the molecule is O=C(O[C@H]1C[C@@H](c2coc3c(N[C@H]4CCc5ccccc54)ncnc23)C[C@H]1CO)c1ccc([N+](=O)[O-])cc1. The topological polar surface area (TPSA) is 141 Å². The minimum absolute atomic E-state index is 0.0296. The van der Waals surface area contributed by atoms with Crippen LogP contribution in [0.3, 0.4) is 0 Å². The van der Waals surface area contributed by atoms with E-state index in [0.717, 1.165) is 18.4 Å². The quantitative estimate of drug-likeness (QED) is 0.199. The zero-order chi connectivity index (χ0) is 26.2. The Morgan fingerprint density at radius 2 is 1.95 bits per heavy atom. The number of fused-ring (bicyclic) bond motifs is 2. The van der Waals surface area contributed by atoms with Crippen molar-refractivity contribution >= 4 is 28.6 Å². The predicted molar refractivity (Wildman–Crippen MR) is 138 cm³/mol. The number of aryl methyl sites for hydroxylation is 1. The molecule has 38 heavy (non-hydrogen) atoms. The van der Waals surface area contributed by atoms with Gasteiger partial charge in [0, 0.05) is 30.2 Å². The standard InChI is InChI=1S/C28H26N4O6/c33-13-19-11-18(12-24(19)38-28(34)17-5-8-20(9-6-17)32(35)36)22-14-37-26-25(22)29-15-30-27(26)31-23-10-7-16-3-1-2-4-21(16)23/h1-6,8-9,14-15,18-19,23-24,33H,7,10-13H2,(H,29,30,31)/t18-,19-,23-,24-/m0/s1. The molecule has 0 amide bonds. The molecule has 4 aromatic rings. The van der Waals surface area contributed by atoms with Crippen molar-refractivity contribution in [1.82, 2.24) is 9.97 Å². The summed E-state index contributed by atoms with van der Waals surface area (Å²) in [5, 5.41) is 24.4. The van der Waals surface area contributed by atoms with Crippen LogP contribution in [0.1, 0.15) is 58.3 Å². The highest BCUT2D eigenvalue weighted by Crippen LogP contribution is 2.44. The van der Waals surface area contributed by atoms with Crippen molar-refractivity contribution in [3.05, 3.63) is 93.5 Å². The first-order valence-electron chi connectivity index (χ1n) is 12.6. The van der Waals surface area contributed by atoms with Crippen LogP contribution in [-0.4, -0.2) is 38.7 Å². The van der Waals surface area contributed by atoms with E-state index in [-0.39, 0.29) is 35.7 Å². The molecule has 0 bridgehead atoms. The van der Waals surface area contributed by atoms with Crippen molar-refractivity contribution in [1.29, 1.82) is 0 Å². The zero-order valence-corrected chi connectivity index (χ0v) is 20.4. The van der Waals surface area contributed by atoms with Gasteiger partial charge in [0.05, 0.1) is 22.8 Å². The number of hydrogen-bond donors (Lipinski definition) is 2. The molecular weight excluding hydrogens is 488 g/mol. The fraction of sp³-hybridized carbons (Fsp3) is 0.321. The minimum Gasteiger partial charge on any atom is -0.458 e. The molecule has 2 N–H and O–H groups in total. The number of nitro benzene ring substituents is 1. The molecule has 2 aliphatic rings. The summed E-state index contributed by atoms with van der Waals surface area (Å²) in [6.45, 7) is -0.132. The molecule has 2 aliphatic carbocycles. The lowest BCUT2D eigenvalue weighted by Gasteiger charge is -2.17. The summed E-state index contributed by atoms with van der Waals surface area (Å²) in [5.41, 5.74) is 4.91. The van der Waals surface area contributed by atoms with Gasteiger partial charge in [0.25, 0.3) is 5.69 Å². The lowest BCUT2D eigenvalue weighted by atomic mass is 9.98. The van der Waals surface area contributed by atoms with Gasteiger partial charge in [-0.05, 0) is 54.9 Å². The van der Waals surface area contributed by atoms with Gasteiger partial charge in [0.2, 0.25) is 0 Å². The maximum Gasteiger partial charge on any atom is 0.338 e. The average molecular weight is 515 g/mol. The molecule has 1 saturated carbocycles. The van der Waals surface area contributed by atoms with Gasteiger partial charge in [-0.3, -0.25) is 10.1 Å². The molecule has 2 heterocycles. The number of nitrogens with zero attached hydrogens (tertiary/aromatic N) is 3. The molecule has 0 unspecified atom stereocenters. The first-order valence-corrected chi connectivity index (χ1v) is 12.6. The molecule has 2 aromatic heterocycles. The van der Waals surface area contributed by atoms with Crippen molar-refractivity contribution in [2.24, 2.45) is 5.92 Å². The van der Waals surface area contributed by atoms with Gasteiger partial charge in [0.15, 0.2) is 11.4 Å². The van der Waals surface area contributed by atoms with E-state index in [0.29, 0.717) is 29.8 Å². The van der Waals surface area contributed by atoms with E-state index in [1.54, 1.807) is 6.26 Å². The monoisotopic (exact) mass is 514 g/mol. The summed E-state index contributed by atoms with van der Waals surface area (Å²) >= 11 is 0. The molecule has 0 saturated heterocycles. The van der Waals surface area contributed by atoms with Gasteiger partial charge in [-0.2, -0.15) is 0 Å². The molecule has 6 rings (SSSR count). The third-order valence-electron chi connectivity index (χ3n) is 7.70. The van der Waals surface area contributed by atoms with Gasteiger partial charge in [0.1, 0.15) is 17.9 Å². The molecule has 10 nitrogen and oxygen atoms in total. The van der Waals surface area contributed by atoms with Crippen LogP contribution < -0.4 is 5.32 Å². The maximum atomic E-state index is 12.7. The van der Waals surface area contributed by atoms with Crippen LogP contribution in [0.5, 0.6) is 0 Å². The van der Waals surface area contributed by atoms with Crippen LogP contribution in [0.4, 0.5) is 11.5 Å². The summed E-state index contributed by atoms with van der Waals surface area (Å²) in [6, 6.07) is 13.8. The fourth-order valence-electron chi connectivity index (χ4n) is 5.74. The predicted octanol–water partition coefficient (Wildman–Crippen LogP) is 4.94. The Morgan fingerprint density at radius 1 is 1.13 bits per heavy atom. The summed E-state index contributed by atoms with van der Waals surface area (Å²) < 4.78 is 11.7. The van der Waals surface area contributed by atoms with Crippen LogP contribution in [0, 0.1) is 16.0 Å². The number of rotatable bonds is 7. The number of ether oxygens (including phenoxy) is 1. The highest BCUT2D eigenvalue weighted by atomic mass is 16.6. The molecule has 10 heteroatoms. The third-order valence-corrected chi connectivity index (χ3v) is 7.70. The number of carbonyl (C=O) groups excluding carboxylic acids is 1. The van der Waals surface area contributed by atoms with Gasteiger partial charge >= 0.3 is 5.97 Å². The van der Waals surface area contributed by atoms with Gasteiger partial charge in [-0.15, -0.1) is 0 Å². The molecule has 4 atom stereocenters. The van der Waals surface area contributed by atoms with E-state index in [9.17, 15) is 20.0 Å². The smallest absolute Gasteiger partial charge is 0.338 e. The largest absolute Gasteiger partial charge is 0.458 e. The Morgan fingerprint density at radius 3 is 2.74 bits per heavy atom. The number of benzene rings is 2. The minimum atomic E-state index is -0.577. The van der Waals surface area contributed by atoms with E-state index >= 15 is 0 Å². The first kappa shape index (κ1) is 24.1. The number of non-ortho nitro benzene ring substituents is 1. The molecule has 194 valence electrons. The van der Waals surface area contributed by atoms with Crippen LogP contribution in [-0.2, 0) is 11.2 Å².